The van der Waals surface area contributed by atoms with Gasteiger partial charge in [-0.05, 0) is 49.4 Å². The summed E-state index contributed by atoms with van der Waals surface area (Å²) in [7, 11) is -1.14. The first kappa shape index (κ1) is 24.7. The molecule has 0 atom stereocenters. The Labute approximate surface area is 205 Å². The Hall–Kier alpha value is -4.39. The van der Waals surface area contributed by atoms with Gasteiger partial charge in [-0.25, -0.2) is 18.0 Å². The van der Waals surface area contributed by atoms with Crippen molar-refractivity contribution in [3.05, 3.63) is 86.7 Å². The van der Waals surface area contributed by atoms with Gasteiger partial charge in [-0.2, -0.15) is 0 Å². The Morgan fingerprint density at radius 1 is 1.06 bits per heavy atom. The van der Waals surface area contributed by atoms with E-state index in [0.717, 1.165) is 4.31 Å². The molecule has 0 radical (unpaired) electrons. The molecule has 0 aliphatic rings. The maximum atomic E-state index is 13.8. The Morgan fingerprint density at radius 3 is 2.36 bits per heavy atom. The monoisotopic (exact) mass is 514 g/mol. The van der Waals surface area contributed by atoms with Crippen molar-refractivity contribution < 1.29 is 27.3 Å². The zero-order valence-electron chi connectivity index (χ0n) is 19.6. The van der Waals surface area contributed by atoms with Gasteiger partial charge in [0.15, 0.2) is 0 Å². The topological polar surface area (TPSA) is 147 Å². The third-order valence-electron chi connectivity index (χ3n) is 5.62. The van der Waals surface area contributed by atoms with Gasteiger partial charge in [0.2, 0.25) is 5.76 Å². The summed E-state index contributed by atoms with van der Waals surface area (Å²) in [6.07, 6.45) is 0. The number of rotatable bonds is 8. The number of carbonyl (C=O) groups excluding carboxylic acids is 1. The Balaban J connectivity index is 1.80. The van der Waals surface area contributed by atoms with Gasteiger partial charge < -0.3 is 9.15 Å². The number of carbonyl (C=O) groups is 1. The van der Waals surface area contributed by atoms with Crippen molar-refractivity contribution in [3.63, 3.8) is 0 Å². The van der Waals surface area contributed by atoms with Gasteiger partial charge in [-0.15, -0.1) is 0 Å². The van der Waals surface area contributed by atoms with E-state index in [2.05, 4.69) is 0 Å². The number of esters is 1. The highest BCUT2D eigenvalue weighted by atomic mass is 32.2. The lowest BCUT2D eigenvalue weighted by molar-refractivity contribution is -0.384. The number of nitrogens with zero attached hydrogens (tertiary/aromatic N) is 4. The van der Waals surface area contributed by atoms with Crippen molar-refractivity contribution in [1.82, 2.24) is 9.13 Å². The van der Waals surface area contributed by atoms with Crippen LogP contribution in [0.2, 0.25) is 0 Å². The number of aryl methyl sites for hydroxylation is 2. The molecule has 0 unspecified atom stereocenters. The van der Waals surface area contributed by atoms with Crippen molar-refractivity contribution >= 4 is 38.4 Å². The largest absolute Gasteiger partial charge is 0.460 e. The number of nitro benzene ring substituents is 1. The van der Waals surface area contributed by atoms with Crippen LogP contribution in [0.1, 0.15) is 23.2 Å². The molecule has 2 heterocycles. The number of fused-ring (bicyclic) bond motifs is 1. The molecule has 2 aromatic heterocycles. The van der Waals surface area contributed by atoms with E-state index in [0.29, 0.717) is 11.0 Å². The summed E-state index contributed by atoms with van der Waals surface area (Å²) in [6.45, 7) is 1.47. The fourth-order valence-electron chi connectivity index (χ4n) is 3.75. The summed E-state index contributed by atoms with van der Waals surface area (Å²) in [6, 6.07) is 12.1. The molecule has 0 aliphatic heterocycles. The first-order valence-corrected chi connectivity index (χ1v) is 12.2. The molecule has 2 aromatic carbocycles. The fraction of sp³-hybridized carbons (Fsp3) is 0.217. The van der Waals surface area contributed by atoms with Gasteiger partial charge in [0.25, 0.3) is 15.7 Å². The molecule has 36 heavy (non-hydrogen) atoms. The fourth-order valence-corrected chi connectivity index (χ4v) is 5.20. The van der Waals surface area contributed by atoms with E-state index < -0.39 is 20.9 Å². The maximum Gasteiger partial charge on any atom is 0.374 e. The van der Waals surface area contributed by atoms with Crippen LogP contribution >= 0.6 is 0 Å². The standard InChI is InChI=1S/C23H22N4O8S/c1-4-34-22(28)21-12-9-17(35-21)14-26(15-5-7-16(8-6-15)27(30)31)36(32,33)18-10-11-19-20(13-18)25(3)23(29)24(19)2/h5-13H,4,14H2,1-3H3. The SMILES string of the molecule is CCOC(=O)c1ccc(CN(c2ccc([N+](=O)[O-])cc2)S(=O)(=O)c2ccc3c(c2)n(C)c(=O)n3C)o1. The highest BCUT2D eigenvalue weighted by molar-refractivity contribution is 7.92. The van der Waals surface area contributed by atoms with E-state index in [-0.39, 0.29) is 46.6 Å². The molecular formula is C23H22N4O8S. The molecule has 0 saturated carbocycles. The number of furan rings is 1. The molecule has 0 amide bonds. The summed E-state index contributed by atoms with van der Waals surface area (Å²) >= 11 is 0. The van der Waals surface area contributed by atoms with Gasteiger partial charge in [0.05, 0.1) is 39.7 Å². The molecule has 4 aromatic rings. The maximum absolute atomic E-state index is 13.8. The summed E-state index contributed by atoms with van der Waals surface area (Å²) in [4.78, 5) is 34.7. The quantitative estimate of drug-likeness (QED) is 0.198. The van der Waals surface area contributed by atoms with Crippen LogP contribution in [0.5, 0.6) is 0 Å². The molecule has 0 fully saturated rings. The number of imidazole rings is 1. The van der Waals surface area contributed by atoms with E-state index in [4.69, 9.17) is 9.15 Å². The van der Waals surface area contributed by atoms with E-state index in [1.165, 1.54) is 70.8 Å². The minimum atomic E-state index is -4.26. The molecule has 12 nitrogen and oxygen atoms in total. The highest BCUT2D eigenvalue weighted by Crippen LogP contribution is 2.29. The Morgan fingerprint density at radius 2 is 1.72 bits per heavy atom. The third-order valence-corrected chi connectivity index (χ3v) is 7.39. The molecule has 0 spiro atoms. The number of benzene rings is 2. The average Bonchev–Trinajstić information content (AvgIpc) is 3.42. The summed E-state index contributed by atoms with van der Waals surface area (Å²) in [5.41, 5.74) is 0.577. The molecule has 13 heteroatoms. The van der Waals surface area contributed by atoms with E-state index >= 15 is 0 Å². The molecule has 4 rings (SSSR count). The van der Waals surface area contributed by atoms with Gasteiger partial charge >= 0.3 is 11.7 Å². The van der Waals surface area contributed by atoms with Gasteiger partial charge in [0, 0.05) is 26.2 Å². The lowest BCUT2D eigenvalue weighted by Crippen LogP contribution is -2.30. The van der Waals surface area contributed by atoms with Crippen LogP contribution in [0, 0.1) is 10.1 Å². The van der Waals surface area contributed by atoms with Gasteiger partial charge in [-0.3, -0.25) is 23.6 Å². The molecule has 0 N–H and O–H groups in total. The van der Waals surface area contributed by atoms with Crippen LogP contribution in [-0.4, -0.2) is 35.1 Å². The van der Waals surface area contributed by atoms with Crippen molar-refractivity contribution in [3.8, 4) is 0 Å². The number of ether oxygens (including phenoxy) is 1. The van der Waals surface area contributed by atoms with Gasteiger partial charge in [-0.1, -0.05) is 0 Å². The second-order valence-corrected chi connectivity index (χ2v) is 9.69. The lowest BCUT2D eigenvalue weighted by Gasteiger charge is -2.23. The van der Waals surface area contributed by atoms with Crippen LogP contribution in [0.3, 0.4) is 0 Å². The molecule has 0 bridgehead atoms. The lowest BCUT2D eigenvalue weighted by atomic mass is 10.3. The number of non-ortho nitro benzene ring substituents is 1. The number of hydrogen-bond acceptors (Lipinski definition) is 8. The zero-order chi connectivity index (χ0) is 26.2. The molecule has 0 saturated heterocycles. The normalized spacial score (nSPS) is 11.5. The number of aromatic nitrogens is 2. The predicted octanol–water partition coefficient (Wildman–Crippen LogP) is 2.95. The first-order chi connectivity index (χ1) is 17.0. The number of nitro groups is 1. The van der Waals surface area contributed by atoms with Crippen LogP contribution in [-0.2, 0) is 35.4 Å². The summed E-state index contributed by atoms with van der Waals surface area (Å²) in [5, 5.41) is 11.1. The molecular weight excluding hydrogens is 492 g/mol. The van der Waals surface area contributed by atoms with Crippen LogP contribution in [0.15, 0.2) is 68.7 Å². The number of sulfonamides is 1. The number of anilines is 1. The predicted molar refractivity (Wildman–Crippen MR) is 129 cm³/mol. The second-order valence-electron chi connectivity index (χ2n) is 7.82. The van der Waals surface area contributed by atoms with Crippen molar-refractivity contribution in [2.45, 2.75) is 18.4 Å². The Kier molecular flexibility index (Phi) is 6.41. The van der Waals surface area contributed by atoms with E-state index in [1.54, 1.807) is 14.0 Å². The summed E-state index contributed by atoms with van der Waals surface area (Å²) < 4.78 is 41.8. The van der Waals surface area contributed by atoms with E-state index in [1.807, 2.05) is 0 Å². The smallest absolute Gasteiger partial charge is 0.374 e. The van der Waals surface area contributed by atoms with Crippen molar-refractivity contribution in [1.29, 1.82) is 0 Å². The highest BCUT2D eigenvalue weighted by Gasteiger charge is 2.28. The summed E-state index contributed by atoms with van der Waals surface area (Å²) in [5.74, 6) is -0.634. The Bertz CT molecular complexity index is 1630. The van der Waals surface area contributed by atoms with Crippen molar-refractivity contribution in [2.75, 3.05) is 10.9 Å². The van der Waals surface area contributed by atoms with Crippen LogP contribution in [0.4, 0.5) is 11.4 Å². The minimum absolute atomic E-state index is 0.0893. The zero-order valence-corrected chi connectivity index (χ0v) is 20.4. The minimum Gasteiger partial charge on any atom is -0.460 e. The van der Waals surface area contributed by atoms with Crippen LogP contribution < -0.4 is 9.99 Å². The number of hydrogen-bond donors (Lipinski definition) is 0. The molecule has 0 aliphatic carbocycles. The van der Waals surface area contributed by atoms with E-state index in [9.17, 15) is 28.1 Å². The second kappa shape index (κ2) is 9.34. The van der Waals surface area contributed by atoms with Crippen LogP contribution in [0.25, 0.3) is 11.0 Å². The van der Waals surface area contributed by atoms with Gasteiger partial charge in [0.1, 0.15) is 5.76 Å². The third kappa shape index (κ3) is 4.35. The average molecular weight is 515 g/mol. The first-order valence-electron chi connectivity index (χ1n) is 10.7. The molecule has 188 valence electrons. The van der Waals surface area contributed by atoms with Crippen molar-refractivity contribution in [2.24, 2.45) is 14.1 Å².